The van der Waals surface area contributed by atoms with Crippen molar-refractivity contribution in [3.05, 3.63) is 179 Å². The molecule has 70 heavy (non-hydrogen) atoms. The van der Waals surface area contributed by atoms with Gasteiger partial charge in [-0.2, -0.15) is 0 Å². The summed E-state index contributed by atoms with van der Waals surface area (Å²) < 4.78 is 102. The van der Waals surface area contributed by atoms with Crippen LogP contribution in [0.2, 0.25) is 0 Å². The zero-order chi connectivity index (χ0) is 52.1. The van der Waals surface area contributed by atoms with E-state index >= 15 is 0 Å². The van der Waals surface area contributed by atoms with Gasteiger partial charge in [0.15, 0.2) is 12.6 Å². The van der Waals surface area contributed by atoms with E-state index in [1.807, 2.05) is 54.6 Å². The summed E-state index contributed by atoms with van der Waals surface area (Å²) in [7, 11) is 1.38. The molecule has 5 aromatic rings. The second kappa shape index (κ2) is 29.5. The average Bonchev–Trinajstić information content (AvgIpc) is 3.45. The smallest absolute Gasteiger partial charge is 0.305 e. The van der Waals surface area contributed by atoms with E-state index in [-0.39, 0.29) is 25.8 Å². The Morgan fingerprint density at radius 2 is 0.986 bits per heavy atom. The number of aliphatic hydroxyl groups is 2. The molecule has 0 bridgehead atoms. The molecule has 14 atom stereocenters. The number of hydrogen-bond donors (Lipinski definition) is 2. The molecule has 5 aromatic carbocycles. The van der Waals surface area contributed by atoms with E-state index < -0.39 is 94.4 Å². The summed E-state index contributed by atoms with van der Waals surface area (Å²) in [5, 5.41) is 22.6. The molecule has 2 saturated heterocycles. The lowest BCUT2D eigenvalue weighted by Crippen LogP contribution is -2.66. The fourth-order valence-corrected chi connectivity index (χ4v) is 8.24. The Kier molecular flexibility index (Phi) is 20.0. The lowest BCUT2D eigenvalue weighted by molar-refractivity contribution is -0.380. The van der Waals surface area contributed by atoms with Gasteiger partial charge in [0.05, 0.1) is 58.7 Å². The van der Waals surface area contributed by atoms with Crippen LogP contribution in [0.15, 0.2) is 152 Å². The highest BCUT2D eigenvalue weighted by Gasteiger charge is 2.54. The first-order valence-electron chi connectivity index (χ1n) is 26.5. The fourth-order valence-electron chi connectivity index (χ4n) is 8.24. The third-order valence-corrected chi connectivity index (χ3v) is 12.0. The van der Waals surface area contributed by atoms with Crippen LogP contribution in [-0.2, 0) is 85.1 Å². The topological polar surface area (TPSA) is 150 Å². The molecule has 0 radical (unpaired) electrons. The van der Waals surface area contributed by atoms with Gasteiger partial charge in [-0.1, -0.05) is 177 Å². The Balaban J connectivity index is 1.26. The van der Waals surface area contributed by atoms with Gasteiger partial charge in [0, 0.05) is 13.0 Å². The number of rotatable bonds is 29. The Morgan fingerprint density at radius 3 is 1.53 bits per heavy atom. The standard InChI is InChI=1S/C57H70O13/c1-61-49(59)33-21-4-2-3-5-22-34-63-56-55(52(50(60)47(35-58)68-56)65-38-44-27-15-8-16-28-44)70-57-54(67-40-46-31-19-10-20-32-46)53(66-39-45-29-17-9-18-30-45)51(64-37-43-25-13-7-14-26-43)48(69-57)41-62-36-42-23-11-6-12-24-42/h6-20,23-32,47-48,50-58,60H,2-5,21-22,33-41H2,1H3/t47-,48-,50-,51-,52+,53+,54-,55-,56+,57?/m1/s1/i36D,37D,39D,40D/t36?,37?,39?,40?,47-,48-,50-,51-,52+,53+,54-,55-,56+,57?. The number of carbonyl (C=O) groups is 1. The molecule has 2 N–H and O–H groups in total. The van der Waals surface area contributed by atoms with Gasteiger partial charge >= 0.3 is 5.97 Å². The summed E-state index contributed by atoms with van der Waals surface area (Å²) in [6.07, 6.45) is -7.87. The molecule has 7 rings (SSSR count). The predicted octanol–water partition coefficient (Wildman–Crippen LogP) is 8.65. The van der Waals surface area contributed by atoms with Crippen LogP contribution < -0.4 is 0 Å². The van der Waals surface area contributed by atoms with E-state index in [1.165, 1.54) is 7.11 Å². The molecule has 0 spiro atoms. The third kappa shape index (κ3) is 16.6. The minimum Gasteiger partial charge on any atom is -0.469 e. The maximum absolute atomic E-state index is 12.0. The molecule has 5 unspecified atom stereocenters. The molecule has 0 aliphatic carbocycles. The van der Waals surface area contributed by atoms with Gasteiger partial charge in [0.2, 0.25) is 0 Å². The number of aliphatic hydroxyl groups excluding tert-OH is 2. The van der Waals surface area contributed by atoms with Crippen LogP contribution >= 0.6 is 0 Å². The van der Waals surface area contributed by atoms with Crippen molar-refractivity contribution in [3.63, 3.8) is 0 Å². The molecular formula is C57H70O13. The molecule has 0 amide bonds. The molecule has 0 saturated carbocycles. The number of ether oxygens (including phenoxy) is 10. The zero-order valence-electron chi connectivity index (χ0n) is 43.7. The second-order valence-corrected chi connectivity index (χ2v) is 17.2. The van der Waals surface area contributed by atoms with E-state index in [9.17, 15) is 19.1 Å². The van der Waals surface area contributed by atoms with E-state index in [0.717, 1.165) is 37.7 Å². The maximum Gasteiger partial charge on any atom is 0.305 e. The molecule has 376 valence electrons. The zero-order valence-corrected chi connectivity index (χ0v) is 39.7. The van der Waals surface area contributed by atoms with E-state index in [0.29, 0.717) is 35.1 Å². The Labute approximate surface area is 418 Å². The van der Waals surface area contributed by atoms with Gasteiger partial charge in [-0.15, -0.1) is 0 Å². The Bertz CT molecular complexity index is 2320. The van der Waals surface area contributed by atoms with Gasteiger partial charge in [-0.05, 0) is 40.7 Å². The number of carbonyl (C=O) groups excluding carboxylic acids is 1. The molecule has 0 aromatic heterocycles. The van der Waals surface area contributed by atoms with Gasteiger partial charge in [-0.25, -0.2) is 0 Å². The maximum atomic E-state index is 12.0. The van der Waals surface area contributed by atoms with E-state index in [1.54, 1.807) is 97.1 Å². The molecule has 2 aliphatic rings. The highest BCUT2D eigenvalue weighted by Crippen LogP contribution is 2.36. The monoisotopic (exact) mass is 967 g/mol. The average molecular weight is 967 g/mol. The summed E-state index contributed by atoms with van der Waals surface area (Å²) in [4.78, 5) is 11.6. The van der Waals surface area contributed by atoms with Crippen LogP contribution in [0, 0.1) is 0 Å². The van der Waals surface area contributed by atoms with Crippen molar-refractivity contribution in [2.75, 3.05) is 26.9 Å². The minimum absolute atomic E-state index is 0.0298. The summed E-state index contributed by atoms with van der Waals surface area (Å²) in [6, 6.07) is 45.0. The molecule has 2 heterocycles. The van der Waals surface area contributed by atoms with Crippen molar-refractivity contribution >= 4 is 5.97 Å². The SMILES string of the molecule is [2H]C(OC[C@H]1OC(O[C@H]2[C@@H](OCCCCCCCCC(=O)OC)O[C@H](CO)[C@@H](O)[C@@H]2OCc2ccccc2)[C@H](OC([2H])c2ccccc2)[C@@H](OC([2H])c2ccccc2)[C@@H]1OC([2H])c1ccccc1)c1ccccc1. The molecule has 13 heteroatoms. The Morgan fingerprint density at radius 1 is 0.514 bits per heavy atom. The number of hydrogen-bond acceptors (Lipinski definition) is 13. The van der Waals surface area contributed by atoms with E-state index in [2.05, 4.69) is 0 Å². The lowest BCUT2D eigenvalue weighted by Gasteiger charge is -2.49. The second-order valence-electron chi connectivity index (χ2n) is 17.2. The van der Waals surface area contributed by atoms with Crippen LogP contribution in [0.3, 0.4) is 0 Å². The van der Waals surface area contributed by atoms with E-state index in [4.69, 9.17) is 48.7 Å². The number of unbranched alkanes of at least 4 members (excludes halogenated alkanes) is 5. The van der Waals surface area contributed by atoms with Crippen LogP contribution in [0.25, 0.3) is 0 Å². The highest BCUT2D eigenvalue weighted by atomic mass is 16.8. The van der Waals surface area contributed by atoms with Crippen LogP contribution in [0.4, 0.5) is 0 Å². The van der Waals surface area contributed by atoms with Crippen LogP contribution in [-0.4, -0.2) is 105 Å². The van der Waals surface area contributed by atoms with Crippen molar-refractivity contribution in [2.24, 2.45) is 0 Å². The molecule has 2 fully saturated rings. The number of esters is 1. The first-order chi connectivity index (χ1) is 36.1. The molecule has 2 aliphatic heterocycles. The van der Waals surface area contributed by atoms with Crippen molar-refractivity contribution in [3.8, 4) is 0 Å². The quantitative estimate of drug-likeness (QED) is 0.0348. The largest absolute Gasteiger partial charge is 0.469 e. The number of benzene rings is 5. The summed E-state index contributed by atoms with van der Waals surface area (Å²) in [5.41, 5.74) is 2.86. The van der Waals surface area contributed by atoms with Crippen molar-refractivity contribution in [1.82, 2.24) is 0 Å². The van der Waals surface area contributed by atoms with Crippen molar-refractivity contribution in [1.29, 1.82) is 0 Å². The number of methoxy groups -OCH3 is 1. The minimum atomic E-state index is -1.54. The Hall–Kier alpha value is -4.87. The fraction of sp³-hybridized carbons (Fsp3) is 0.456. The first-order valence-corrected chi connectivity index (χ1v) is 24.2. The predicted molar refractivity (Wildman–Crippen MR) is 262 cm³/mol. The third-order valence-electron chi connectivity index (χ3n) is 12.0. The summed E-state index contributed by atoms with van der Waals surface area (Å²) in [6.45, 7) is -5.87. The molecule has 13 nitrogen and oxygen atoms in total. The first kappa shape index (κ1) is 47.5. The van der Waals surface area contributed by atoms with Gasteiger partial charge in [-0.3, -0.25) is 4.79 Å². The van der Waals surface area contributed by atoms with Crippen molar-refractivity contribution in [2.45, 2.75) is 139 Å². The van der Waals surface area contributed by atoms with Gasteiger partial charge < -0.3 is 57.6 Å². The van der Waals surface area contributed by atoms with Gasteiger partial charge in [0.25, 0.3) is 0 Å². The normalized spacial score (nSPS) is 27.2. The lowest BCUT2D eigenvalue weighted by atomic mass is 9.96. The molecular weight excluding hydrogens is 893 g/mol. The summed E-state index contributed by atoms with van der Waals surface area (Å²) in [5.74, 6) is -0.228. The highest BCUT2D eigenvalue weighted by molar-refractivity contribution is 5.68. The summed E-state index contributed by atoms with van der Waals surface area (Å²) >= 11 is 0. The van der Waals surface area contributed by atoms with Crippen LogP contribution in [0.5, 0.6) is 0 Å². The van der Waals surface area contributed by atoms with Gasteiger partial charge in [0.1, 0.15) is 48.8 Å². The van der Waals surface area contributed by atoms with Crippen molar-refractivity contribution < 1.29 is 67.9 Å². The van der Waals surface area contributed by atoms with Crippen LogP contribution in [0.1, 0.15) is 78.2 Å².